The number of hydrogen-bond acceptors (Lipinski definition) is 2. The van der Waals surface area contributed by atoms with Gasteiger partial charge in [-0.1, -0.05) is 65.8 Å². The molecule has 2 heterocycles. The van der Waals surface area contributed by atoms with Crippen molar-refractivity contribution in [2.45, 2.75) is 52.4 Å². The van der Waals surface area contributed by atoms with Crippen molar-refractivity contribution >= 4 is 63.0 Å². The third-order valence-electron chi connectivity index (χ3n) is 5.81. The zero-order chi connectivity index (χ0) is 19.8. The smallest absolute Gasteiger partial charge is 0.0534 e. The van der Waals surface area contributed by atoms with E-state index in [4.69, 9.17) is 0 Å². The maximum absolute atomic E-state index is 2.41. The van der Waals surface area contributed by atoms with Crippen LogP contribution < -0.4 is 0 Å². The molecule has 0 aliphatic heterocycles. The molecule has 0 saturated carbocycles. The van der Waals surface area contributed by atoms with E-state index in [-0.39, 0.29) is 10.8 Å². The molecular formula is C26H26S2. The van der Waals surface area contributed by atoms with Gasteiger partial charge in [-0.2, -0.15) is 0 Å². The lowest BCUT2D eigenvalue weighted by Crippen LogP contribution is -2.10. The molecule has 0 aliphatic carbocycles. The predicted octanol–water partition coefficient (Wildman–Crippen LogP) is 9.02. The Balaban J connectivity index is 1.84. The molecular weight excluding hydrogens is 376 g/mol. The second kappa shape index (κ2) is 5.81. The molecule has 3 aromatic carbocycles. The molecule has 0 bridgehead atoms. The molecule has 2 heteroatoms. The Hall–Kier alpha value is -1.90. The molecule has 142 valence electrons. The van der Waals surface area contributed by atoms with E-state index < -0.39 is 0 Å². The van der Waals surface area contributed by atoms with Gasteiger partial charge >= 0.3 is 0 Å². The standard InChI is InChI=1S/C26H26S2/c1-25(2,3)15-7-11-21-19(13-15)17-9-10-18-20-14-16(26(4,5)6)8-12-22(20)28-24(18)23(17)27-21/h7-14H,1-6H3. The molecule has 0 amide bonds. The molecule has 5 rings (SSSR count). The van der Waals surface area contributed by atoms with E-state index in [1.54, 1.807) is 0 Å². The molecule has 0 radical (unpaired) electrons. The number of benzene rings is 3. The quantitative estimate of drug-likeness (QED) is 0.242. The van der Waals surface area contributed by atoms with E-state index in [9.17, 15) is 0 Å². The van der Waals surface area contributed by atoms with Gasteiger partial charge in [-0.25, -0.2) is 0 Å². The number of fused-ring (bicyclic) bond motifs is 7. The van der Waals surface area contributed by atoms with E-state index in [0.717, 1.165) is 0 Å². The average molecular weight is 403 g/mol. The minimum atomic E-state index is 0.174. The van der Waals surface area contributed by atoms with Crippen LogP contribution in [0.1, 0.15) is 52.7 Å². The van der Waals surface area contributed by atoms with E-state index >= 15 is 0 Å². The third-order valence-corrected chi connectivity index (χ3v) is 8.35. The zero-order valence-corrected chi connectivity index (χ0v) is 19.1. The molecule has 0 N–H and O–H groups in total. The van der Waals surface area contributed by atoms with Crippen LogP contribution in [0.2, 0.25) is 0 Å². The number of rotatable bonds is 0. The Morgan fingerprint density at radius 1 is 0.500 bits per heavy atom. The van der Waals surface area contributed by atoms with E-state index in [1.165, 1.54) is 51.5 Å². The SMILES string of the molecule is CC(C)(C)c1ccc2sc3c(ccc4c5cc(C(C)(C)C)ccc5sc43)c2c1. The van der Waals surface area contributed by atoms with Crippen LogP contribution in [0.25, 0.3) is 40.3 Å². The summed E-state index contributed by atoms with van der Waals surface area (Å²) in [5, 5.41) is 5.62. The zero-order valence-electron chi connectivity index (χ0n) is 17.4. The van der Waals surface area contributed by atoms with Gasteiger partial charge in [0.25, 0.3) is 0 Å². The highest BCUT2D eigenvalue weighted by Gasteiger charge is 2.19. The highest BCUT2D eigenvalue weighted by Crippen LogP contribution is 2.45. The van der Waals surface area contributed by atoms with Gasteiger partial charge in [0.1, 0.15) is 0 Å². The highest BCUT2D eigenvalue weighted by atomic mass is 32.1. The first-order valence-electron chi connectivity index (χ1n) is 9.95. The minimum Gasteiger partial charge on any atom is -0.134 e. The van der Waals surface area contributed by atoms with E-state index in [0.29, 0.717) is 0 Å². The number of thiophene rings is 2. The molecule has 28 heavy (non-hydrogen) atoms. The summed E-state index contributed by atoms with van der Waals surface area (Å²) < 4.78 is 5.67. The lowest BCUT2D eigenvalue weighted by Gasteiger charge is -2.19. The van der Waals surface area contributed by atoms with Gasteiger partial charge in [-0.15, -0.1) is 22.7 Å². The fourth-order valence-corrected chi connectivity index (χ4v) is 6.50. The summed E-state index contributed by atoms with van der Waals surface area (Å²) in [5.74, 6) is 0. The van der Waals surface area contributed by atoms with Gasteiger partial charge in [-0.05, 0) is 46.2 Å². The average Bonchev–Trinajstić information content (AvgIpc) is 3.17. The summed E-state index contributed by atoms with van der Waals surface area (Å²) in [6.07, 6.45) is 0. The first-order chi connectivity index (χ1) is 13.1. The van der Waals surface area contributed by atoms with Crippen LogP contribution in [0.4, 0.5) is 0 Å². The minimum absolute atomic E-state index is 0.174. The monoisotopic (exact) mass is 402 g/mol. The molecule has 0 unspecified atom stereocenters. The Morgan fingerprint density at radius 3 is 1.25 bits per heavy atom. The lowest BCUT2D eigenvalue weighted by molar-refractivity contribution is 0.591. The Kier molecular flexibility index (Phi) is 3.76. The van der Waals surface area contributed by atoms with Crippen molar-refractivity contribution in [2.24, 2.45) is 0 Å². The van der Waals surface area contributed by atoms with Crippen molar-refractivity contribution in [3.8, 4) is 0 Å². The van der Waals surface area contributed by atoms with Crippen molar-refractivity contribution in [1.29, 1.82) is 0 Å². The first kappa shape index (κ1) is 18.1. The molecule has 5 aromatic rings. The van der Waals surface area contributed by atoms with Crippen molar-refractivity contribution < 1.29 is 0 Å². The summed E-state index contributed by atoms with van der Waals surface area (Å²) in [4.78, 5) is 0. The number of hydrogen-bond donors (Lipinski definition) is 0. The van der Waals surface area contributed by atoms with Gasteiger partial charge < -0.3 is 0 Å². The topological polar surface area (TPSA) is 0 Å². The summed E-state index contributed by atoms with van der Waals surface area (Å²) in [6.45, 7) is 13.7. The van der Waals surface area contributed by atoms with Crippen LogP contribution in [-0.4, -0.2) is 0 Å². The summed E-state index contributed by atoms with van der Waals surface area (Å²) in [6, 6.07) is 18.7. The highest BCUT2D eigenvalue weighted by molar-refractivity contribution is 7.33. The van der Waals surface area contributed by atoms with Crippen molar-refractivity contribution in [3.63, 3.8) is 0 Å². The van der Waals surface area contributed by atoms with Crippen LogP contribution in [-0.2, 0) is 10.8 Å². The molecule has 0 spiro atoms. The maximum atomic E-state index is 2.41. The normalized spacial score (nSPS) is 13.4. The second-order valence-corrected chi connectivity index (χ2v) is 12.0. The van der Waals surface area contributed by atoms with Crippen LogP contribution >= 0.6 is 22.7 Å². The molecule has 2 aromatic heterocycles. The van der Waals surface area contributed by atoms with Crippen molar-refractivity contribution in [3.05, 3.63) is 59.7 Å². The van der Waals surface area contributed by atoms with E-state index in [2.05, 4.69) is 90.1 Å². The van der Waals surface area contributed by atoms with Crippen LogP contribution in [0, 0.1) is 0 Å². The van der Waals surface area contributed by atoms with Crippen LogP contribution in [0.15, 0.2) is 48.5 Å². The summed E-state index contributed by atoms with van der Waals surface area (Å²) in [5.41, 5.74) is 3.16. The largest absolute Gasteiger partial charge is 0.134 e. The Bertz CT molecular complexity index is 1260. The Labute approximate surface area is 174 Å². The molecule has 0 nitrogen and oxygen atoms in total. The second-order valence-electron chi connectivity index (χ2n) is 9.94. The summed E-state index contributed by atoms with van der Waals surface area (Å²) >= 11 is 3.89. The van der Waals surface area contributed by atoms with Gasteiger partial charge in [-0.3, -0.25) is 0 Å². The fraction of sp³-hybridized carbons (Fsp3) is 0.308. The van der Waals surface area contributed by atoms with E-state index in [1.807, 2.05) is 22.7 Å². The van der Waals surface area contributed by atoms with Crippen molar-refractivity contribution in [1.82, 2.24) is 0 Å². The lowest BCUT2D eigenvalue weighted by atomic mass is 9.86. The molecule has 0 atom stereocenters. The summed E-state index contributed by atoms with van der Waals surface area (Å²) in [7, 11) is 0. The fourth-order valence-electron chi connectivity index (χ4n) is 4.00. The Morgan fingerprint density at radius 2 is 0.893 bits per heavy atom. The maximum Gasteiger partial charge on any atom is 0.0534 e. The van der Waals surface area contributed by atoms with Gasteiger partial charge in [0, 0.05) is 30.9 Å². The molecule has 0 fully saturated rings. The van der Waals surface area contributed by atoms with Crippen LogP contribution in [0.3, 0.4) is 0 Å². The predicted molar refractivity (Wildman–Crippen MR) is 130 cm³/mol. The van der Waals surface area contributed by atoms with Crippen LogP contribution in [0.5, 0.6) is 0 Å². The van der Waals surface area contributed by atoms with Gasteiger partial charge in [0.2, 0.25) is 0 Å². The van der Waals surface area contributed by atoms with Crippen molar-refractivity contribution in [2.75, 3.05) is 0 Å². The first-order valence-corrected chi connectivity index (χ1v) is 11.6. The van der Waals surface area contributed by atoms with Gasteiger partial charge in [0.15, 0.2) is 0 Å². The van der Waals surface area contributed by atoms with Gasteiger partial charge in [0.05, 0.1) is 9.40 Å². The third kappa shape index (κ3) is 2.69. The molecule has 0 aliphatic rings. The molecule has 0 saturated heterocycles.